The molecule has 8 nitrogen and oxygen atoms in total. The van der Waals surface area contributed by atoms with Crippen molar-refractivity contribution in [3.05, 3.63) is 96.5 Å². The molecule has 4 rings (SSSR count). The average molecular weight is 528 g/mol. The van der Waals surface area contributed by atoms with Crippen molar-refractivity contribution in [3.8, 4) is 5.82 Å². The van der Waals surface area contributed by atoms with Crippen molar-refractivity contribution in [3.63, 3.8) is 0 Å². The van der Waals surface area contributed by atoms with Gasteiger partial charge in [0, 0.05) is 51.1 Å². The zero-order chi connectivity index (χ0) is 20.6. The van der Waals surface area contributed by atoms with Gasteiger partial charge in [-0.05, 0) is 28.8 Å². The minimum absolute atomic E-state index is 0. The molecule has 0 bridgehead atoms. The minimum atomic E-state index is 0. The standard InChI is InChI=1S/C22H24N8.HI/c1-23-22(26-14-18-7-8-21(25-13-18)29-12-10-24-17-29)27-15-19-5-2-3-6-20(19)16-30-11-4-9-28-30;/h2-13,17H,14-16H2,1H3,(H2,23,26,27);1H. The molecule has 3 aromatic heterocycles. The number of aromatic nitrogens is 5. The summed E-state index contributed by atoms with van der Waals surface area (Å²) in [4.78, 5) is 12.9. The van der Waals surface area contributed by atoms with Gasteiger partial charge in [0.15, 0.2) is 5.96 Å². The van der Waals surface area contributed by atoms with Crippen LogP contribution in [-0.4, -0.2) is 37.3 Å². The lowest BCUT2D eigenvalue weighted by Crippen LogP contribution is -2.36. The Kier molecular flexibility index (Phi) is 8.16. The van der Waals surface area contributed by atoms with E-state index in [4.69, 9.17) is 0 Å². The van der Waals surface area contributed by atoms with Crippen molar-refractivity contribution >= 4 is 29.9 Å². The van der Waals surface area contributed by atoms with Gasteiger partial charge in [0.1, 0.15) is 12.1 Å². The van der Waals surface area contributed by atoms with E-state index in [-0.39, 0.29) is 24.0 Å². The first-order chi connectivity index (χ1) is 14.8. The lowest BCUT2D eigenvalue weighted by Gasteiger charge is -2.14. The van der Waals surface area contributed by atoms with Gasteiger partial charge in [-0.25, -0.2) is 9.97 Å². The Balaban J connectivity index is 0.00000272. The molecule has 2 N–H and O–H groups in total. The number of imidazole rings is 1. The van der Waals surface area contributed by atoms with Gasteiger partial charge >= 0.3 is 0 Å². The quantitative estimate of drug-likeness (QED) is 0.219. The monoisotopic (exact) mass is 528 g/mol. The van der Waals surface area contributed by atoms with E-state index in [1.54, 1.807) is 25.8 Å². The SMILES string of the molecule is CN=C(NCc1ccc(-n2ccnc2)nc1)NCc1ccccc1Cn1cccn1.I. The van der Waals surface area contributed by atoms with Crippen LogP contribution in [-0.2, 0) is 19.6 Å². The van der Waals surface area contributed by atoms with Crippen LogP contribution in [0, 0.1) is 0 Å². The van der Waals surface area contributed by atoms with Gasteiger partial charge in [-0.15, -0.1) is 24.0 Å². The van der Waals surface area contributed by atoms with Crippen molar-refractivity contribution in [2.24, 2.45) is 4.99 Å². The van der Waals surface area contributed by atoms with Gasteiger partial charge in [0.2, 0.25) is 0 Å². The summed E-state index contributed by atoms with van der Waals surface area (Å²) in [6.07, 6.45) is 11.0. The number of hydrogen-bond acceptors (Lipinski definition) is 4. The Labute approximate surface area is 198 Å². The summed E-state index contributed by atoms with van der Waals surface area (Å²) in [7, 11) is 1.77. The third-order valence-corrected chi connectivity index (χ3v) is 4.72. The number of nitrogens with one attached hydrogen (secondary N) is 2. The highest BCUT2D eigenvalue weighted by Crippen LogP contribution is 2.10. The molecule has 0 aliphatic rings. The average Bonchev–Trinajstić information content (AvgIpc) is 3.50. The molecule has 0 aliphatic carbocycles. The zero-order valence-corrected chi connectivity index (χ0v) is 19.5. The molecule has 0 spiro atoms. The van der Waals surface area contributed by atoms with Crippen molar-refractivity contribution < 1.29 is 0 Å². The predicted octanol–water partition coefficient (Wildman–Crippen LogP) is 3.00. The van der Waals surface area contributed by atoms with Crippen LogP contribution in [0.3, 0.4) is 0 Å². The molecular formula is C22H25IN8. The third-order valence-electron chi connectivity index (χ3n) is 4.72. The van der Waals surface area contributed by atoms with Gasteiger partial charge < -0.3 is 10.6 Å². The third kappa shape index (κ3) is 6.14. The molecule has 0 saturated carbocycles. The van der Waals surface area contributed by atoms with E-state index in [1.807, 2.05) is 52.1 Å². The van der Waals surface area contributed by atoms with Crippen molar-refractivity contribution in [2.75, 3.05) is 7.05 Å². The number of guanidine groups is 1. The summed E-state index contributed by atoms with van der Waals surface area (Å²) in [5.41, 5.74) is 3.51. The number of rotatable bonds is 7. The van der Waals surface area contributed by atoms with Gasteiger partial charge in [0.05, 0.1) is 6.54 Å². The molecule has 0 atom stereocenters. The first kappa shape index (κ1) is 22.5. The van der Waals surface area contributed by atoms with Crippen LogP contribution < -0.4 is 10.6 Å². The number of benzene rings is 1. The maximum Gasteiger partial charge on any atom is 0.191 e. The highest BCUT2D eigenvalue weighted by Gasteiger charge is 2.05. The molecule has 0 aliphatic heterocycles. The molecular weight excluding hydrogens is 503 g/mol. The predicted molar refractivity (Wildman–Crippen MR) is 132 cm³/mol. The van der Waals surface area contributed by atoms with Gasteiger partial charge in [-0.1, -0.05) is 30.3 Å². The van der Waals surface area contributed by atoms with Crippen molar-refractivity contribution in [1.29, 1.82) is 0 Å². The molecule has 160 valence electrons. The largest absolute Gasteiger partial charge is 0.352 e. The van der Waals surface area contributed by atoms with E-state index < -0.39 is 0 Å². The summed E-state index contributed by atoms with van der Waals surface area (Å²) in [6, 6.07) is 14.3. The molecule has 3 heterocycles. The Bertz CT molecular complexity index is 1070. The fourth-order valence-electron chi connectivity index (χ4n) is 3.11. The summed E-state index contributed by atoms with van der Waals surface area (Å²) in [5.74, 6) is 1.58. The van der Waals surface area contributed by atoms with E-state index in [1.165, 1.54) is 11.1 Å². The number of aliphatic imine (C=N–C) groups is 1. The highest BCUT2D eigenvalue weighted by atomic mass is 127. The lowest BCUT2D eigenvalue weighted by atomic mass is 10.1. The topological polar surface area (TPSA) is 85.0 Å². The Hall–Kier alpha value is -3.21. The molecule has 1 aromatic carbocycles. The van der Waals surface area contributed by atoms with Gasteiger partial charge in [-0.3, -0.25) is 14.2 Å². The summed E-state index contributed by atoms with van der Waals surface area (Å²) < 4.78 is 3.80. The van der Waals surface area contributed by atoms with Gasteiger partial charge in [0.25, 0.3) is 0 Å². The van der Waals surface area contributed by atoms with Crippen LogP contribution in [0.25, 0.3) is 5.82 Å². The maximum absolute atomic E-state index is 4.48. The molecule has 4 aromatic rings. The van der Waals surface area contributed by atoms with Crippen LogP contribution in [0.1, 0.15) is 16.7 Å². The first-order valence-electron chi connectivity index (χ1n) is 9.74. The Morgan fingerprint density at radius 3 is 2.48 bits per heavy atom. The Morgan fingerprint density at radius 1 is 0.968 bits per heavy atom. The second kappa shape index (κ2) is 11.3. The van der Waals surface area contributed by atoms with E-state index in [2.05, 4.69) is 48.9 Å². The normalized spacial score (nSPS) is 11.1. The van der Waals surface area contributed by atoms with E-state index in [9.17, 15) is 0 Å². The molecule has 9 heteroatoms. The Morgan fingerprint density at radius 2 is 1.81 bits per heavy atom. The summed E-state index contributed by atoms with van der Waals surface area (Å²) in [6.45, 7) is 2.05. The fraction of sp³-hybridized carbons (Fsp3) is 0.182. The summed E-state index contributed by atoms with van der Waals surface area (Å²) >= 11 is 0. The summed E-state index contributed by atoms with van der Waals surface area (Å²) in [5, 5.41) is 11.0. The molecule has 0 amide bonds. The van der Waals surface area contributed by atoms with Gasteiger partial charge in [-0.2, -0.15) is 5.10 Å². The molecule has 0 saturated heterocycles. The van der Waals surface area contributed by atoms with Crippen LogP contribution in [0.2, 0.25) is 0 Å². The van der Waals surface area contributed by atoms with Crippen LogP contribution >= 0.6 is 24.0 Å². The van der Waals surface area contributed by atoms with E-state index in [0.29, 0.717) is 13.1 Å². The van der Waals surface area contributed by atoms with Crippen molar-refractivity contribution in [2.45, 2.75) is 19.6 Å². The molecule has 31 heavy (non-hydrogen) atoms. The molecule has 0 fully saturated rings. The molecule has 0 radical (unpaired) electrons. The second-order valence-corrected chi connectivity index (χ2v) is 6.75. The van der Waals surface area contributed by atoms with Crippen LogP contribution in [0.4, 0.5) is 0 Å². The van der Waals surface area contributed by atoms with E-state index in [0.717, 1.165) is 23.9 Å². The number of halogens is 1. The zero-order valence-electron chi connectivity index (χ0n) is 17.2. The first-order valence-corrected chi connectivity index (χ1v) is 9.74. The van der Waals surface area contributed by atoms with Crippen molar-refractivity contribution in [1.82, 2.24) is 34.9 Å². The second-order valence-electron chi connectivity index (χ2n) is 6.75. The fourth-order valence-corrected chi connectivity index (χ4v) is 3.11. The smallest absolute Gasteiger partial charge is 0.191 e. The maximum atomic E-state index is 4.48. The van der Waals surface area contributed by atoms with E-state index >= 15 is 0 Å². The number of pyridine rings is 1. The number of nitrogens with zero attached hydrogens (tertiary/aromatic N) is 6. The minimum Gasteiger partial charge on any atom is -0.352 e. The number of hydrogen-bond donors (Lipinski definition) is 2. The lowest BCUT2D eigenvalue weighted by molar-refractivity contribution is 0.677. The van der Waals surface area contributed by atoms with Crippen LogP contribution in [0.5, 0.6) is 0 Å². The van der Waals surface area contributed by atoms with Crippen LogP contribution in [0.15, 0.2) is 84.8 Å². The molecule has 0 unspecified atom stereocenters. The highest BCUT2D eigenvalue weighted by molar-refractivity contribution is 14.0.